The minimum absolute atomic E-state index is 0.0780. The highest BCUT2D eigenvalue weighted by molar-refractivity contribution is 6.02. The van der Waals surface area contributed by atoms with Crippen LogP contribution in [0.3, 0.4) is 0 Å². The van der Waals surface area contributed by atoms with Crippen molar-refractivity contribution < 1.29 is 19.4 Å². The van der Waals surface area contributed by atoms with Gasteiger partial charge in [0.1, 0.15) is 0 Å². The number of dihydropyridines is 1. The van der Waals surface area contributed by atoms with Gasteiger partial charge in [-0.3, -0.25) is 9.59 Å². The molecule has 5 nitrogen and oxygen atoms in total. The van der Waals surface area contributed by atoms with Crippen molar-refractivity contribution >= 4 is 11.6 Å². The second-order valence-corrected chi connectivity index (χ2v) is 5.55. The van der Waals surface area contributed by atoms with E-state index in [-0.39, 0.29) is 11.6 Å². The number of Topliss-reactive ketones (excluding diaryl/α,β-unsaturated/α-hetero) is 2. The summed E-state index contributed by atoms with van der Waals surface area (Å²) in [5.41, 5.74) is 3.64. The lowest BCUT2D eigenvalue weighted by atomic mass is 9.79. The highest BCUT2D eigenvalue weighted by Crippen LogP contribution is 2.39. The number of nitrogens with one attached hydrogen (secondary N) is 1. The first kappa shape index (κ1) is 15.5. The molecule has 0 saturated carbocycles. The van der Waals surface area contributed by atoms with Crippen molar-refractivity contribution in [1.29, 1.82) is 0 Å². The second kappa shape index (κ2) is 5.85. The predicted molar refractivity (Wildman–Crippen MR) is 77.7 cm³/mol. The summed E-state index contributed by atoms with van der Waals surface area (Å²) in [7, 11) is 0. The average Bonchev–Trinajstić information content (AvgIpc) is 2.37. The van der Waals surface area contributed by atoms with Gasteiger partial charge in [0.05, 0.1) is 12.5 Å². The largest absolute Gasteiger partial charge is 0.362 e. The summed E-state index contributed by atoms with van der Waals surface area (Å²) in [5, 5.41) is 3.12. The fourth-order valence-electron chi connectivity index (χ4n) is 2.98. The van der Waals surface area contributed by atoms with Crippen LogP contribution in [0.4, 0.5) is 0 Å². The zero-order valence-corrected chi connectivity index (χ0v) is 13.1. The molecule has 114 valence electrons. The third kappa shape index (κ3) is 2.78. The molecule has 2 rings (SSSR count). The molecule has 21 heavy (non-hydrogen) atoms. The van der Waals surface area contributed by atoms with Crippen molar-refractivity contribution in [2.75, 3.05) is 6.61 Å². The Labute approximate surface area is 124 Å². The molecule has 0 bridgehead atoms. The van der Waals surface area contributed by atoms with Gasteiger partial charge in [-0.25, -0.2) is 0 Å². The third-order valence-corrected chi connectivity index (χ3v) is 3.91. The lowest BCUT2D eigenvalue weighted by molar-refractivity contribution is -0.274. The van der Waals surface area contributed by atoms with Crippen LogP contribution < -0.4 is 5.32 Å². The van der Waals surface area contributed by atoms with Crippen LogP contribution in [0.2, 0.25) is 0 Å². The molecule has 0 fully saturated rings. The Morgan fingerprint density at radius 1 is 1.05 bits per heavy atom. The van der Waals surface area contributed by atoms with E-state index in [0.717, 1.165) is 23.4 Å². The van der Waals surface area contributed by atoms with Crippen molar-refractivity contribution in [3.8, 4) is 0 Å². The molecule has 2 heterocycles. The van der Waals surface area contributed by atoms with E-state index in [0.29, 0.717) is 23.5 Å². The van der Waals surface area contributed by atoms with Crippen molar-refractivity contribution in [3.63, 3.8) is 0 Å². The molecule has 0 spiro atoms. The van der Waals surface area contributed by atoms with Crippen molar-refractivity contribution in [1.82, 2.24) is 5.32 Å². The van der Waals surface area contributed by atoms with E-state index >= 15 is 0 Å². The summed E-state index contributed by atoms with van der Waals surface area (Å²) in [6.07, 6.45) is 0.730. The fourth-order valence-corrected chi connectivity index (χ4v) is 2.98. The molecule has 0 aromatic heterocycles. The van der Waals surface area contributed by atoms with Crippen LogP contribution in [0.15, 0.2) is 33.9 Å². The van der Waals surface area contributed by atoms with Gasteiger partial charge >= 0.3 is 0 Å². The Morgan fingerprint density at radius 2 is 1.57 bits per heavy atom. The van der Waals surface area contributed by atoms with Gasteiger partial charge in [-0.15, -0.1) is 0 Å². The molecule has 2 aliphatic rings. The molecule has 0 radical (unpaired) electrons. The van der Waals surface area contributed by atoms with Crippen molar-refractivity contribution in [2.45, 2.75) is 41.0 Å². The van der Waals surface area contributed by atoms with Gasteiger partial charge in [-0.2, -0.15) is 4.89 Å². The van der Waals surface area contributed by atoms with Crippen LogP contribution in [0.25, 0.3) is 0 Å². The number of allylic oxidation sites excluding steroid dienone is 3. The standard InChI is InChI=1S/C16H21NO4/c1-8-6-7-20-21-16(8)15-13(11(4)18)9(2)17-10(3)14(15)12(5)19/h15,17H,6-7H2,1-5H3. The number of ketones is 2. The Hall–Kier alpha value is -1.88. The first-order valence-corrected chi connectivity index (χ1v) is 7.04. The smallest absolute Gasteiger partial charge is 0.158 e. The van der Waals surface area contributed by atoms with E-state index in [2.05, 4.69) is 5.32 Å². The van der Waals surface area contributed by atoms with Crippen LogP contribution in [0, 0.1) is 5.92 Å². The minimum Gasteiger partial charge on any atom is -0.362 e. The quantitative estimate of drug-likeness (QED) is 0.810. The maximum atomic E-state index is 12.1. The van der Waals surface area contributed by atoms with Gasteiger partial charge in [-0.05, 0) is 46.6 Å². The van der Waals surface area contributed by atoms with Crippen molar-refractivity contribution in [2.24, 2.45) is 5.92 Å². The molecule has 0 aromatic rings. The normalized spacial score (nSPS) is 20.4. The lowest BCUT2D eigenvalue weighted by Gasteiger charge is -2.32. The minimum atomic E-state index is -0.485. The number of carbonyl (C=O) groups excluding carboxylic acids is 2. The zero-order chi connectivity index (χ0) is 15.7. The molecule has 0 atom stereocenters. The SMILES string of the molecule is CC(=O)C1=C(C)NC(C)=C(C(C)=O)C1C1=C(C)CCOO1. The number of hydrogen-bond acceptors (Lipinski definition) is 5. The van der Waals surface area contributed by atoms with Crippen LogP contribution in [0.1, 0.15) is 41.0 Å². The monoisotopic (exact) mass is 291 g/mol. The van der Waals surface area contributed by atoms with Gasteiger partial charge in [0, 0.05) is 22.5 Å². The maximum absolute atomic E-state index is 12.1. The van der Waals surface area contributed by atoms with E-state index in [1.54, 1.807) is 0 Å². The molecule has 5 heteroatoms. The van der Waals surface area contributed by atoms with E-state index in [1.165, 1.54) is 13.8 Å². The Kier molecular flexibility index (Phi) is 4.32. The van der Waals surface area contributed by atoms with E-state index < -0.39 is 5.92 Å². The molecule has 0 unspecified atom stereocenters. The third-order valence-electron chi connectivity index (χ3n) is 3.91. The summed E-state index contributed by atoms with van der Waals surface area (Å²) in [4.78, 5) is 34.6. The fraction of sp³-hybridized carbons (Fsp3) is 0.500. The Bertz CT molecular complexity index is 559. The average molecular weight is 291 g/mol. The first-order valence-electron chi connectivity index (χ1n) is 7.04. The number of carbonyl (C=O) groups is 2. The molecule has 0 aromatic carbocycles. The molecule has 0 amide bonds. The predicted octanol–water partition coefficient (Wildman–Crippen LogP) is 2.56. The summed E-state index contributed by atoms with van der Waals surface area (Å²) >= 11 is 0. The van der Waals surface area contributed by atoms with Gasteiger partial charge in [0.2, 0.25) is 0 Å². The van der Waals surface area contributed by atoms with E-state index in [4.69, 9.17) is 9.78 Å². The highest BCUT2D eigenvalue weighted by Gasteiger charge is 2.38. The van der Waals surface area contributed by atoms with E-state index in [1.807, 2.05) is 20.8 Å². The maximum Gasteiger partial charge on any atom is 0.158 e. The Balaban J connectivity index is 2.65. The highest BCUT2D eigenvalue weighted by atomic mass is 17.2. The molecular formula is C16H21NO4. The topological polar surface area (TPSA) is 64.6 Å². The lowest BCUT2D eigenvalue weighted by Crippen LogP contribution is -2.33. The van der Waals surface area contributed by atoms with Gasteiger partial charge < -0.3 is 10.2 Å². The summed E-state index contributed by atoms with van der Waals surface area (Å²) in [5.74, 6) is -0.0742. The van der Waals surface area contributed by atoms with Crippen LogP contribution in [0.5, 0.6) is 0 Å². The summed E-state index contributed by atoms with van der Waals surface area (Å²) < 4.78 is 0. The van der Waals surface area contributed by atoms with Crippen LogP contribution in [-0.2, 0) is 19.4 Å². The van der Waals surface area contributed by atoms with Crippen molar-refractivity contribution in [3.05, 3.63) is 33.9 Å². The van der Waals surface area contributed by atoms with Crippen LogP contribution >= 0.6 is 0 Å². The van der Waals surface area contributed by atoms with Crippen LogP contribution in [-0.4, -0.2) is 18.2 Å². The second-order valence-electron chi connectivity index (χ2n) is 5.55. The van der Waals surface area contributed by atoms with Gasteiger partial charge in [0.25, 0.3) is 0 Å². The first-order chi connectivity index (χ1) is 9.84. The van der Waals surface area contributed by atoms with Gasteiger partial charge in [-0.1, -0.05) is 0 Å². The molecule has 0 aliphatic carbocycles. The van der Waals surface area contributed by atoms with E-state index in [9.17, 15) is 9.59 Å². The number of rotatable bonds is 3. The van der Waals surface area contributed by atoms with Gasteiger partial charge in [0.15, 0.2) is 17.3 Å². The molecule has 0 saturated heterocycles. The summed E-state index contributed by atoms with van der Waals surface area (Å²) in [6, 6.07) is 0. The Morgan fingerprint density at radius 3 is 2.00 bits per heavy atom. The zero-order valence-electron chi connectivity index (χ0n) is 13.1. The summed E-state index contributed by atoms with van der Waals surface area (Å²) in [6.45, 7) is 9.11. The molecule has 2 aliphatic heterocycles. The molecular weight excluding hydrogens is 270 g/mol. The number of hydrogen-bond donors (Lipinski definition) is 1. The molecule has 1 N–H and O–H groups in total.